The average molecular weight is 576 g/mol. The van der Waals surface area contributed by atoms with Gasteiger partial charge in [-0.05, 0) is 53.8 Å². The van der Waals surface area contributed by atoms with Gasteiger partial charge in [-0.25, -0.2) is 0 Å². The fourth-order valence-corrected chi connectivity index (χ4v) is 4.82. The Morgan fingerprint density at radius 3 is 2.39 bits per heavy atom. The van der Waals surface area contributed by atoms with Crippen LogP contribution in [0.15, 0.2) is 64.5 Å². The zero-order chi connectivity index (χ0) is 25.9. The van der Waals surface area contributed by atoms with Crippen molar-refractivity contribution in [1.29, 1.82) is 0 Å². The molecule has 0 unspecified atom stereocenters. The predicted molar refractivity (Wildman–Crippen MR) is 145 cm³/mol. The largest absolute Gasteiger partial charge is 0.493 e. The van der Waals surface area contributed by atoms with Crippen LogP contribution in [0, 0.1) is 0 Å². The molecule has 7 nitrogen and oxygen atoms in total. The highest BCUT2D eigenvalue weighted by Crippen LogP contribution is 2.28. The highest BCUT2D eigenvalue weighted by Gasteiger charge is 2.23. The van der Waals surface area contributed by atoms with Crippen molar-refractivity contribution in [2.45, 2.75) is 13.0 Å². The van der Waals surface area contributed by atoms with Gasteiger partial charge in [-0.1, -0.05) is 34.1 Å². The molecule has 1 heterocycles. The van der Waals surface area contributed by atoms with Crippen molar-refractivity contribution in [1.82, 2.24) is 9.80 Å². The zero-order valence-electron chi connectivity index (χ0n) is 20.7. The molecule has 0 saturated heterocycles. The van der Waals surface area contributed by atoms with Crippen molar-refractivity contribution in [3.63, 3.8) is 0 Å². The highest BCUT2D eigenvalue weighted by molar-refractivity contribution is 9.10. The lowest BCUT2D eigenvalue weighted by Gasteiger charge is -2.28. The van der Waals surface area contributed by atoms with Gasteiger partial charge in [0.2, 0.25) is 5.91 Å². The predicted octanol–water partition coefficient (Wildman–Crippen LogP) is 4.89. The number of rotatable bonds is 13. The molecule has 0 atom stereocenters. The first-order valence-corrected chi connectivity index (χ1v) is 13.2. The zero-order valence-corrected chi connectivity index (χ0v) is 23.1. The lowest BCUT2D eigenvalue weighted by atomic mass is 10.1. The van der Waals surface area contributed by atoms with Crippen molar-refractivity contribution >= 4 is 39.1 Å². The van der Waals surface area contributed by atoms with Gasteiger partial charge in [-0.3, -0.25) is 9.59 Å². The minimum Gasteiger partial charge on any atom is -0.493 e. The van der Waals surface area contributed by atoms with E-state index in [1.807, 2.05) is 41.8 Å². The molecule has 0 bridgehead atoms. The van der Waals surface area contributed by atoms with Crippen LogP contribution < -0.4 is 9.47 Å². The van der Waals surface area contributed by atoms with Gasteiger partial charge in [0.05, 0.1) is 27.4 Å². The summed E-state index contributed by atoms with van der Waals surface area (Å²) in [5.41, 5.74) is 1.54. The van der Waals surface area contributed by atoms with Gasteiger partial charge in [-0.2, -0.15) is 0 Å². The van der Waals surface area contributed by atoms with Crippen molar-refractivity contribution in [2.24, 2.45) is 0 Å². The van der Waals surface area contributed by atoms with Gasteiger partial charge in [0.15, 0.2) is 11.5 Å². The quantitative estimate of drug-likeness (QED) is 0.291. The van der Waals surface area contributed by atoms with E-state index in [-0.39, 0.29) is 18.4 Å². The summed E-state index contributed by atoms with van der Waals surface area (Å²) in [6, 6.07) is 16.9. The number of methoxy groups -OCH3 is 3. The molecule has 9 heteroatoms. The third kappa shape index (κ3) is 7.81. The van der Waals surface area contributed by atoms with Gasteiger partial charge in [0.1, 0.15) is 6.54 Å². The molecule has 0 spiro atoms. The molecule has 36 heavy (non-hydrogen) atoms. The number of hydrogen-bond acceptors (Lipinski definition) is 6. The SMILES string of the molecule is COCCN(CC(=O)N(CCc1ccc(OC)c(OC)c1)Cc1cccs1)C(=O)c1cccc(Br)c1. The van der Waals surface area contributed by atoms with Crippen LogP contribution >= 0.6 is 27.3 Å². The van der Waals surface area contributed by atoms with Crippen LogP contribution in [0.25, 0.3) is 0 Å². The maximum atomic E-state index is 13.5. The van der Waals surface area contributed by atoms with E-state index in [2.05, 4.69) is 15.9 Å². The molecule has 0 aliphatic rings. The summed E-state index contributed by atoms with van der Waals surface area (Å²) >= 11 is 5.02. The molecule has 0 aliphatic carbocycles. The third-order valence-electron chi connectivity index (χ3n) is 5.65. The minimum atomic E-state index is -0.210. The van der Waals surface area contributed by atoms with E-state index in [4.69, 9.17) is 14.2 Å². The van der Waals surface area contributed by atoms with Crippen LogP contribution in [0.1, 0.15) is 20.8 Å². The molecule has 0 N–H and O–H groups in total. The minimum absolute atomic E-state index is 0.0357. The summed E-state index contributed by atoms with van der Waals surface area (Å²) < 4.78 is 16.8. The van der Waals surface area contributed by atoms with Crippen LogP contribution in [0.3, 0.4) is 0 Å². The fourth-order valence-electron chi connectivity index (χ4n) is 3.70. The first-order chi connectivity index (χ1) is 17.4. The maximum Gasteiger partial charge on any atom is 0.254 e. The van der Waals surface area contributed by atoms with Crippen LogP contribution in [0.5, 0.6) is 11.5 Å². The Kier molecular flexibility index (Phi) is 10.8. The number of hydrogen-bond donors (Lipinski definition) is 0. The van der Waals surface area contributed by atoms with E-state index in [0.717, 1.165) is 14.9 Å². The number of amides is 2. The Balaban J connectivity index is 1.77. The van der Waals surface area contributed by atoms with Crippen molar-refractivity contribution in [3.8, 4) is 11.5 Å². The second-order valence-electron chi connectivity index (χ2n) is 8.06. The second-order valence-corrected chi connectivity index (χ2v) is 10.0. The molecule has 2 aromatic carbocycles. The van der Waals surface area contributed by atoms with E-state index < -0.39 is 0 Å². The molecular weight excluding hydrogens is 544 g/mol. The standard InChI is InChI=1S/C27H31BrN2O5S/c1-33-14-13-30(27(32)21-6-4-7-22(28)17-21)19-26(31)29(18-23-8-5-15-36-23)12-11-20-9-10-24(34-2)25(16-20)35-3/h4-10,15-17H,11-14,18-19H2,1-3H3. The van der Waals surface area contributed by atoms with Crippen molar-refractivity contribution in [2.75, 3.05) is 47.6 Å². The van der Waals surface area contributed by atoms with Gasteiger partial charge in [0.25, 0.3) is 5.91 Å². The Morgan fingerprint density at radius 1 is 0.917 bits per heavy atom. The van der Waals surface area contributed by atoms with Crippen LogP contribution in [-0.2, 0) is 22.5 Å². The number of halogens is 1. The first-order valence-electron chi connectivity index (χ1n) is 11.5. The fraction of sp³-hybridized carbons (Fsp3) is 0.333. The molecule has 3 rings (SSSR count). The van der Waals surface area contributed by atoms with Crippen LogP contribution in [0.2, 0.25) is 0 Å². The number of carbonyl (C=O) groups excluding carboxylic acids is 2. The summed E-state index contributed by atoms with van der Waals surface area (Å²) in [4.78, 5) is 31.2. The molecular formula is C27H31BrN2O5S. The molecule has 2 amide bonds. The Bertz CT molecular complexity index is 1140. The number of ether oxygens (including phenoxy) is 3. The van der Waals surface area contributed by atoms with E-state index in [1.54, 1.807) is 60.7 Å². The van der Waals surface area contributed by atoms with Gasteiger partial charge in [0, 0.05) is 35.1 Å². The summed E-state index contributed by atoms with van der Waals surface area (Å²) in [5.74, 6) is 0.977. The lowest BCUT2D eigenvalue weighted by molar-refractivity contribution is -0.132. The van der Waals surface area contributed by atoms with E-state index in [1.165, 1.54) is 0 Å². The summed E-state index contributed by atoms with van der Waals surface area (Å²) in [5, 5.41) is 1.99. The van der Waals surface area contributed by atoms with Crippen molar-refractivity contribution in [3.05, 3.63) is 80.5 Å². The molecule has 0 radical (unpaired) electrons. The van der Waals surface area contributed by atoms with Crippen LogP contribution in [-0.4, -0.2) is 69.2 Å². The Labute approximate surface area is 224 Å². The maximum absolute atomic E-state index is 13.5. The normalized spacial score (nSPS) is 10.7. The van der Waals surface area contributed by atoms with Gasteiger partial charge < -0.3 is 24.0 Å². The number of thiophene rings is 1. The van der Waals surface area contributed by atoms with Crippen molar-refractivity contribution < 1.29 is 23.8 Å². The first kappa shape index (κ1) is 27.7. The summed E-state index contributed by atoms with van der Waals surface area (Å²) in [6.45, 7) is 1.59. The van der Waals surface area contributed by atoms with E-state index in [0.29, 0.717) is 49.7 Å². The highest BCUT2D eigenvalue weighted by atomic mass is 79.9. The molecule has 192 valence electrons. The van der Waals surface area contributed by atoms with Crippen LogP contribution in [0.4, 0.5) is 0 Å². The monoisotopic (exact) mass is 574 g/mol. The number of benzene rings is 2. The Morgan fingerprint density at radius 2 is 1.72 bits per heavy atom. The molecule has 3 aromatic rings. The molecule has 0 aliphatic heterocycles. The van der Waals surface area contributed by atoms with E-state index in [9.17, 15) is 9.59 Å². The topological polar surface area (TPSA) is 68.3 Å². The van der Waals surface area contributed by atoms with E-state index >= 15 is 0 Å². The summed E-state index contributed by atoms with van der Waals surface area (Å²) in [6.07, 6.45) is 0.634. The van der Waals surface area contributed by atoms with Gasteiger partial charge >= 0.3 is 0 Å². The molecule has 0 fully saturated rings. The third-order valence-corrected chi connectivity index (χ3v) is 7.00. The summed E-state index contributed by atoms with van der Waals surface area (Å²) in [7, 11) is 4.78. The molecule has 0 saturated carbocycles. The molecule has 1 aromatic heterocycles. The average Bonchev–Trinajstić information content (AvgIpc) is 3.41. The smallest absolute Gasteiger partial charge is 0.254 e. The second kappa shape index (κ2) is 14.0. The number of carbonyl (C=O) groups is 2. The van der Waals surface area contributed by atoms with Gasteiger partial charge in [-0.15, -0.1) is 11.3 Å². The number of nitrogens with zero attached hydrogens (tertiary/aromatic N) is 2. The lowest BCUT2D eigenvalue weighted by Crippen LogP contribution is -2.44. The Hall–Kier alpha value is -2.88.